The van der Waals surface area contributed by atoms with E-state index >= 15 is 0 Å². The number of nitrogens with one attached hydrogen (secondary N) is 1. The Morgan fingerprint density at radius 1 is 1.55 bits per heavy atom. The van der Waals surface area contributed by atoms with Crippen LogP contribution in [-0.4, -0.2) is 10.8 Å². The predicted octanol–water partition coefficient (Wildman–Crippen LogP) is 0.983. The van der Waals surface area contributed by atoms with Gasteiger partial charge in [-0.15, -0.1) is 0 Å². The van der Waals surface area contributed by atoms with E-state index in [1.54, 1.807) is 6.20 Å². The highest BCUT2D eigenvalue weighted by Crippen LogP contribution is 2.05. The largest absolute Gasteiger partial charge is 0.384 e. The van der Waals surface area contributed by atoms with E-state index < -0.39 is 0 Å². The Labute approximate surface area is 65.8 Å². The van der Waals surface area contributed by atoms with Crippen molar-refractivity contribution < 1.29 is 0 Å². The third-order valence-corrected chi connectivity index (χ3v) is 1.54. The van der Waals surface area contributed by atoms with E-state index in [1.165, 1.54) is 0 Å². The van der Waals surface area contributed by atoms with Crippen molar-refractivity contribution in [3.63, 3.8) is 0 Å². The molecule has 11 heavy (non-hydrogen) atoms. The second kappa shape index (κ2) is 2.70. The van der Waals surface area contributed by atoms with Gasteiger partial charge in [0.05, 0.1) is 0 Å². The molecule has 0 spiro atoms. The van der Waals surface area contributed by atoms with Crippen LogP contribution in [-0.2, 0) is 0 Å². The molecule has 1 heterocycles. The molecule has 0 aliphatic carbocycles. The van der Waals surface area contributed by atoms with Crippen molar-refractivity contribution in [3.05, 3.63) is 29.1 Å². The third-order valence-electron chi connectivity index (χ3n) is 1.54. The number of hydrogen-bond acceptors (Lipinski definition) is 2. The van der Waals surface area contributed by atoms with Crippen molar-refractivity contribution in [2.75, 3.05) is 0 Å². The van der Waals surface area contributed by atoms with E-state index in [1.807, 2.05) is 19.9 Å². The van der Waals surface area contributed by atoms with E-state index in [2.05, 4.69) is 4.98 Å². The fraction of sp³-hybridized carbons (Fsp3) is 0.250. The van der Waals surface area contributed by atoms with Crippen LogP contribution in [0.3, 0.4) is 0 Å². The van der Waals surface area contributed by atoms with Crippen LogP contribution < -0.4 is 5.73 Å². The number of nitrogens with zero attached hydrogens (tertiary/aromatic N) is 1. The minimum absolute atomic E-state index is 0.0787. The summed E-state index contributed by atoms with van der Waals surface area (Å²) < 4.78 is 0. The normalized spacial score (nSPS) is 9.64. The Balaban J connectivity index is 3.20. The van der Waals surface area contributed by atoms with Gasteiger partial charge in [0, 0.05) is 17.5 Å². The number of rotatable bonds is 1. The molecule has 0 amide bonds. The van der Waals surface area contributed by atoms with Crippen molar-refractivity contribution in [2.24, 2.45) is 5.73 Å². The van der Waals surface area contributed by atoms with Gasteiger partial charge in [-0.1, -0.05) is 0 Å². The summed E-state index contributed by atoms with van der Waals surface area (Å²) in [4.78, 5) is 4.04. The summed E-state index contributed by atoms with van der Waals surface area (Å²) in [5, 5.41) is 7.18. The predicted molar refractivity (Wildman–Crippen MR) is 44.7 cm³/mol. The minimum atomic E-state index is 0.0787. The van der Waals surface area contributed by atoms with Crippen molar-refractivity contribution in [3.8, 4) is 0 Å². The Morgan fingerprint density at radius 2 is 2.18 bits per heavy atom. The standard InChI is InChI=1S/C8H11N3/c1-5-3-6(2)11-4-7(5)8(9)10/h3-4H,1-2H3,(H3,9,10). The maximum Gasteiger partial charge on any atom is 0.124 e. The zero-order chi connectivity index (χ0) is 8.43. The topological polar surface area (TPSA) is 62.8 Å². The fourth-order valence-electron chi connectivity index (χ4n) is 0.978. The van der Waals surface area contributed by atoms with Crippen LogP contribution in [0.15, 0.2) is 12.3 Å². The minimum Gasteiger partial charge on any atom is -0.384 e. The molecule has 0 saturated heterocycles. The molecule has 0 unspecified atom stereocenters. The second-order valence-electron chi connectivity index (χ2n) is 2.55. The highest BCUT2D eigenvalue weighted by atomic mass is 14.7. The summed E-state index contributed by atoms with van der Waals surface area (Å²) in [7, 11) is 0. The van der Waals surface area contributed by atoms with E-state index in [0.29, 0.717) is 0 Å². The Hall–Kier alpha value is -1.38. The van der Waals surface area contributed by atoms with Gasteiger partial charge in [-0.2, -0.15) is 0 Å². The van der Waals surface area contributed by atoms with Gasteiger partial charge in [0.25, 0.3) is 0 Å². The first-order chi connectivity index (χ1) is 5.11. The van der Waals surface area contributed by atoms with Gasteiger partial charge in [-0.3, -0.25) is 10.4 Å². The van der Waals surface area contributed by atoms with Gasteiger partial charge in [-0.25, -0.2) is 0 Å². The van der Waals surface area contributed by atoms with Crippen LogP contribution in [0.4, 0.5) is 0 Å². The SMILES string of the molecule is Cc1cc(C)c(C(=N)N)cn1. The molecule has 0 aliphatic rings. The molecule has 1 aromatic heterocycles. The highest BCUT2D eigenvalue weighted by Gasteiger charge is 2.00. The molecular weight excluding hydrogens is 138 g/mol. The maximum atomic E-state index is 7.18. The highest BCUT2D eigenvalue weighted by molar-refractivity contribution is 5.95. The van der Waals surface area contributed by atoms with Gasteiger partial charge >= 0.3 is 0 Å². The molecule has 0 aliphatic heterocycles. The van der Waals surface area contributed by atoms with Crippen LogP contribution in [0, 0.1) is 19.3 Å². The van der Waals surface area contributed by atoms with Crippen LogP contribution in [0.1, 0.15) is 16.8 Å². The van der Waals surface area contributed by atoms with Crippen molar-refractivity contribution in [2.45, 2.75) is 13.8 Å². The van der Waals surface area contributed by atoms with E-state index in [4.69, 9.17) is 11.1 Å². The maximum absolute atomic E-state index is 7.18. The molecule has 1 rings (SSSR count). The summed E-state index contributed by atoms with van der Waals surface area (Å²) in [6, 6.07) is 1.91. The van der Waals surface area contributed by atoms with Crippen LogP contribution in [0.25, 0.3) is 0 Å². The number of nitrogens with two attached hydrogens (primary N) is 1. The third kappa shape index (κ3) is 1.55. The fourth-order valence-corrected chi connectivity index (χ4v) is 0.978. The molecule has 0 aromatic carbocycles. The lowest BCUT2D eigenvalue weighted by Crippen LogP contribution is -2.13. The number of pyridine rings is 1. The van der Waals surface area contributed by atoms with Gasteiger partial charge < -0.3 is 5.73 Å². The summed E-state index contributed by atoms with van der Waals surface area (Å²) >= 11 is 0. The molecule has 0 fully saturated rings. The monoisotopic (exact) mass is 149 g/mol. The lowest BCUT2D eigenvalue weighted by Gasteiger charge is -2.02. The van der Waals surface area contributed by atoms with Crippen molar-refractivity contribution in [1.29, 1.82) is 5.41 Å². The first kappa shape index (κ1) is 7.72. The smallest absolute Gasteiger partial charge is 0.124 e. The molecule has 1 aromatic rings. The second-order valence-corrected chi connectivity index (χ2v) is 2.55. The number of amidine groups is 1. The summed E-state index contributed by atoms with van der Waals surface area (Å²) in [5.41, 5.74) is 7.98. The summed E-state index contributed by atoms with van der Waals surface area (Å²) in [6.45, 7) is 3.84. The lowest BCUT2D eigenvalue weighted by atomic mass is 10.1. The van der Waals surface area contributed by atoms with Crippen LogP contribution in [0.5, 0.6) is 0 Å². The number of aryl methyl sites for hydroxylation is 2. The Morgan fingerprint density at radius 3 is 2.64 bits per heavy atom. The van der Waals surface area contributed by atoms with E-state index in [0.717, 1.165) is 16.8 Å². The van der Waals surface area contributed by atoms with Crippen molar-refractivity contribution >= 4 is 5.84 Å². The molecule has 0 atom stereocenters. The van der Waals surface area contributed by atoms with E-state index in [-0.39, 0.29) is 5.84 Å². The molecule has 0 radical (unpaired) electrons. The Kier molecular flexibility index (Phi) is 1.89. The number of aromatic nitrogens is 1. The summed E-state index contributed by atoms with van der Waals surface area (Å²) in [6.07, 6.45) is 1.63. The van der Waals surface area contributed by atoms with E-state index in [9.17, 15) is 0 Å². The first-order valence-electron chi connectivity index (χ1n) is 3.39. The first-order valence-corrected chi connectivity index (χ1v) is 3.39. The molecule has 3 nitrogen and oxygen atoms in total. The van der Waals surface area contributed by atoms with Crippen LogP contribution in [0.2, 0.25) is 0 Å². The number of nitrogen functional groups attached to an aromatic ring is 1. The zero-order valence-corrected chi connectivity index (χ0v) is 6.68. The average Bonchev–Trinajstić information content (AvgIpc) is 1.85. The van der Waals surface area contributed by atoms with Gasteiger partial charge in [-0.05, 0) is 25.5 Å². The Bertz CT molecular complexity index is 291. The molecule has 58 valence electrons. The van der Waals surface area contributed by atoms with Gasteiger partial charge in [0.2, 0.25) is 0 Å². The zero-order valence-electron chi connectivity index (χ0n) is 6.68. The van der Waals surface area contributed by atoms with Crippen molar-refractivity contribution in [1.82, 2.24) is 4.98 Å². The average molecular weight is 149 g/mol. The summed E-state index contributed by atoms with van der Waals surface area (Å²) in [5.74, 6) is 0.0787. The quantitative estimate of drug-likeness (QED) is 0.462. The van der Waals surface area contributed by atoms with Gasteiger partial charge in [0.1, 0.15) is 5.84 Å². The van der Waals surface area contributed by atoms with Gasteiger partial charge in [0.15, 0.2) is 0 Å². The molecular formula is C8H11N3. The number of hydrogen-bond donors (Lipinski definition) is 2. The van der Waals surface area contributed by atoms with Crippen LogP contribution >= 0.6 is 0 Å². The molecule has 3 N–H and O–H groups in total. The molecule has 0 saturated carbocycles. The molecule has 0 bridgehead atoms. The lowest BCUT2D eigenvalue weighted by molar-refractivity contribution is 1.16. The molecule has 3 heteroatoms.